The molecule has 6 heteroatoms. The Labute approximate surface area is 115 Å². The van der Waals surface area contributed by atoms with Gasteiger partial charge in [0.1, 0.15) is 0 Å². The van der Waals surface area contributed by atoms with Gasteiger partial charge in [0.05, 0.1) is 13.2 Å². The lowest BCUT2D eigenvalue weighted by Gasteiger charge is -2.06. The fourth-order valence-corrected chi connectivity index (χ4v) is 1.45. The summed E-state index contributed by atoms with van der Waals surface area (Å²) >= 11 is 0. The lowest BCUT2D eigenvalue weighted by atomic mass is 10.2. The van der Waals surface area contributed by atoms with Gasteiger partial charge in [0, 0.05) is 32.5 Å². The van der Waals surface area contributed by atoms with Crippen LogP contribution >= 0.6 is 0 Å². The Morgan fingerprint density at radius 1 is 1.00 bits per heavy atom. The Hall–Kier alpha value is -1.14. The van der Waals surface area contributed by atoms with Crippen molar-refractivity contribution in [2.24, 2.45) is 5.73 Å². The topological polar surface area (TPSA) is 93.5 Å². The Morgan fingerprint density at radius 3 is 2.21 bits per heavy atom. The van der Waals surface area contributed by atoms with E-state index in [9.17, 15) is 9.59 Å². The van der Waals surface area contributed by atoms with Crippen molar-refractivity contribution in [1.82, 2.24) is 10.6 Å². The number of carbonyl (C=O) groups is 2. The third kappa shape index (κ3) is 13.1. The molecule has 19 heavy (non-hydrogen) atoms. The molecule has 0 aliphatic carbocycles. The lowest BCUT2D eigenvalue weighted by molar-refractivity contribution is -0.126. The van der Waals surface area contributed by atoms with E-state index in [1.54, 1.807) is 0 Å². The monoisotopic (exact) mass is 273 g/mol. The Kier molecular flexibility index (Phi) is 12.5. The van der Waals surface area contributed by atoms with Gasteiger partial charge in [0.2, 0.25) is 11.8 Å². The third-order valence-corrected chi connectivity index (χ3v) is 2.51. The summed E-state index contributed by atoms with van der Waals surface area (Å²) in [6.07, 6.45) is 3.69. The van der Waals surface area contributed by atoms with Crippen LogP contribution in [0.25, 0.3) is 0 Å². The molecule has 0 heterocycles. The maximum atomic E-state index is 11.4. The number of rotatable bonds is 12. The zero-order chi connectivity index (χ0) is 14.3. The molecule has 0 aromatic carbocycles. The number of nitrogens with one attached hydrogen (secondary N) is 2. The summed E-state index contributed by atoms with van der Waals surface area (Å²) in [4.78, 5) is 22.8. The first-order valence-corrected chi connectivity index (χ1v) is 7.02. The molecule has 0 rings (SSSR count). The fraction of sp³-hybridized carbons (Fsp3) is 0.846. The first kappa shape index (κ1) is 17.9. The van der Waals surface area contributed by atoms with E-state index in [0.717, 1.165) is 19.3 Å². The molecule has 2 amide bonds. The van der Waals surface area contributed by atoms with Gasteiger partial charge < -0.3 is 21.1 Å². The summed E-state index contributed by atoms with van der Waals surface area (Å²) < 4.78 is 5.12. The van der Waals surface area contributed by atoms with Gasteiger partial charge in [-0.05, 0) is 6.42 Å². The predicted molar refractivity (Wildman–Crippen MR) is 74.7 cm³/mol. The van der Waals surface area contributed by atoms with Gasteiger partial charge >= 0.3 is 0 Å². The van der Waals surface area contributed by atoms with Crippen molar-refractivity contribution >= 4 is 11.8 Å². The van der Waals surface area contributed by atoms with Gasteiger partial charge in [-0.1, -0.05) is 19.8 Å². The van der Waals surface area contributed by atoms with E-state index in [1.165, 1.54) is 0 Å². The highest BCUT2D eigenvalue weighted by atomic mass is 16.5. The maximum absolute atomic E-state index is 11.4. The van der Waals surface area contributed by atoms with E-state index >= 15 is 0 Å². The van der Waals surface area contributed by atoms with Crippen LogP contribution in [0.3, 0.4) is 0 Å². The standard InChI is InChI=1S/C13H27N3O3/c1-2-3-4-8-15-12(17)5-6-13(18)16-9-11-19-10-7-14/h2-11,14H2,1H3,(H,15,17)(H,16,18). The second-order valence-electron chi connectivity index (χ2n) is 4.31. The van der Waals surface area contributed by atoms with Gasteiger partial charge in [-0.3, -0.25) is 9.59 Å². The number of hydrogen-bond acceptors (Lipinski definition) is 4. The van der Waals surface area contributed by atoms with Crippen molar-refractivity contribution in [2.75, 3.05) is 32.8 Å². The van der Waals surface area contributed by atoms with Crippen LogP contribution in [0.15, 0.2) is 0 Å². The average Bonchev–Trinajstić information content (AvgIpc) is 2.41. The minimum absolute atomic E-state index is 0.0642. The van der Waals surface area contributed by atoms with Crippen LogP contribution in [0.4, 0.5) is 0 Å². The number of amides is 2. The van der Waals surface area contributed by atoms with Crippen LogP contribution in [0, 0.1) is 0 Å². The van der Waals surface area contributed by atoms with E-state index in [-0.39, 0.29) is 24.7 Å². The smallest absolute Gasteiger partial charge is 0.220 e. The van der Waals surface area contributed by atoms with E-state index < -0.39 is 0 Å². The second-order valence-corrected chi connectivity index (χ2v) is 4.31. The molecule has 0 fully saturated rings. The zero-order valence-corrected chi connectivity index (χ0v) is 11.9. The normalized spacial score (nSPS) is 10.2. The predicted octanol–water partition coefficient (Wildman–Crippen LogP) is 0.165. The molecule has 0 radical (unpaired) electrons. The second kappa shape index (κ2) is 13.3. The van der Waals surface area contributed by atoms with E-state index in [1.807, 2.05) is 0 Å². The minimum Gasteiger partial charge on any atom is -0.378 e. The average molecular weight is 273 g/mol. The minimum atomic E-state index is -0.125. The maximum Gasteiger partial charge on any atom is 0.220 e. The molecule has 0 saturated heterocycles. The highest BCUT2D eigenvalue weighted by molar-refractivity contribution is 5.83. The fourth-order valence-electron chi connectivity index (χ4n) is 1.45. The van der Waals surface area contributed by atoms with Gasteiger partial charge in [-0.15, -0.1) is 0 Å². The van der Waals surface area contributed by atoms with Crippen LogP contribution in [-0.4, -0.2) is 44.7 Å². The molecular weight excluding hydrogens is 246 g/mol. The van der Waals surface area contributed by atoms with Gasteiger partial charge in [-0.25, -0.2) is 0 Å². The molecule has 0 aliphatic heterocycles. The van der Waals surface area contributed by atoms with Crippen molar-refractivity contribution in [3.63, 3.8) is 0 Å². The summed E-state index contributed by atoms with van der Waals surface area (Å²) in [7, 11) is 0. The van der Waals surface area contributed by atoms with Crippen molar-refractivity contribution in [3.05, 3.63) is 0 Å². The number of hydrogen-bond donors (Lipinski definition) is 3. The van der Waals surface area contributed by atoms with E-state index in [2.05, 4.69) is 17.6 Å². The molecule has 0 aromatic rings. The quantitative estimate of drug-likeness (QED) is 0.442. The first-order chi connectivity index (χ1) is 9.20. The molecule has 0 saturated carbocycles. The molecule has 4 N–H and O–H groups in total. The Morgan fingerprint density at radius 2 is 1.63 bits per heavy atom. The molecule has 0 bridgehead atoms. The summed E-state index contributed by atoms with van der Waals surface area (Å²) in [6.45, 7) is 4.69. The summed E-state index contributed by atoms with van der Waals surface area (Å²) in [6, 6.07) is 0. The lowest BCUT2D eigenvalue weighted by Crippen LogP contribution is -2.30. The summed E-state index contributed by atoms with van der Waals surface area (Å²) in [5.74, 6) is -0.189. The first-order valence-electron chi connectivity index (χ1n) is 7.02. The molecule has 6 nitrogen and oxygen atoms in total. The molecule has 112 valence electrons. The Bertz CT molecular complexity index is 247. The molecule has 0 aromatic heterocycles. The van der Waals surface area contributed by atoms with Gasteiger partial charge in [0.15, 0.2) is 0 Å². The molecule has 0 aliphatic rings. The van der Waals surface area contributed by atoms with E-state index in [4.69, 9.17) is 10.5 Å². The number of ether oxygens (including phenoxy) is 1. The van der Waals surface area contributed by atoms with Crippen molar-refractivity contribution in [1.29, 1.82) is 0 Å². The summed E-state index contributed by atoms with van der Waals surface area (Å²) in [5, 5.41) is 5.49. The Balaban J connectivity index is 3.38. The van der Waals surface area contributed by atoms with Crippen molar-refractivity contribution in [2.45, 2.75) is 39.0 Å². The van der Waals surface area contributed by atoms with Crippen LogP contribution in [0.2, 0.25) is 0 Å². The zero-order valence-electron chi connectivity index (χ0n) is 11.9. The highest BCUT2D eigenvalue weighted by Gasteiger charge is 2.05. The third-order valence-electron chi connectivity index (χ3n) is 2.51. The SMILES string of the molecule is CCCCCNC(=O)CCC(=O)NCCOCCN. The van der Waals surface area contributed by atoms with E-state index in [0.29, 0.717) is 32.8 Å². The number of carbonyl (C=O) groups excluding carboxylic acids is 2. The molecule has 0 unspecified atom stereocenters. The van der Waals surface area contributed by atoms with Crippen LogP contribution in [0.5, 0.6) is 0 Å². The molecule has 0 spiro atoms. The molecule has 0 atom stereocenters. The molecular formula is C13H27N3O3. The number of nitrogens with two attached hydrogens (primary N) is 1. The number of unbranched alkanes of at least 4 members (excludes halogenated alkanes) is 2. The van der Waals surface area contributed by atoms with Crippen LogP contribution in [-0.2, 0) is 14.3 Å². The van der Waals surface area contributed by atoms with Gasteiger partial charge in [-0.2, -0.15) is 0 Å². The van der Waals surface area contributed by atoms with Crippen molar-refractivity contribution < 1.29 is 14.3 Å². The van der Waals surface area contributed by atoms with Crippen LogP contribution in [0.1, 0.15) is 39.0 Å². The summed E-state index contributed by atoms with van der Waals surface area (Å²) in [5.41, 5.74) is 5.25. The van der Waals surface area contributed by atoms with Gasteiger partial charge in [0.25, 0.3) is 0 Å². The largest absolute Gasteiger partial charge is 0.378 e. The van der Waals surface area contributed by atoms with Crippen LogP contribution < -0.4 is 16.4 Å². The highest BCUT2D eigenvalue weighted by Crippen LogP contribution is 1.93. The van der Waals surface area contributed by atoms with Crippen molar-refractivity contribution in [3.8, 4) is 0 Å².